The minimum Gasteiger partial charge on any atom is -0.381 e. The summed E-state index contributed by atoms with van der Waals surface area (Å²) in [5, 5.41) is 11.9. The molecular weight excluding hydrogens is 268 g/mol. The summed E-state index contributed by atoms with van der Waals surface area (Å²) in [5.74, 6) is 0. The highest BCUT2D eigenvalue weighted by atomic mass is 16.5. The zero-order valence-electron chi connectivity index (χ0n) is 13.5. The summed E-state index contributed by atoms with van der Waals surface area (Å²) in [6, 6.07) is 0.248. The first-order valence-corrected chi connectivity index (χ1v) is 8.00. The molecule has 0 saturated carbocycles. The van der Waals surface area contributed by atoms with Gasteiger partial charge in [0, 0.05) is 58.4 Å². The Labute approximate surface area is 127 Å². The molecule has 1 atom stereocenters. The van der Waals surface area contributed by atoms with E-state index in [-0.39, 0.29) is 11.6 Å². The van der Waals surface area contributed by atoms with E-state index in [1.54, 1.807) is 4.68 Å². The fourth-order valence-electron chi connectivity index (χ4n) is 3.06. The molecule has 6 nitrogen and oxygen atoms in total. The molecule has 1 aliphatic heterocycles. The van der Waals surface area contributed by atoms with E-state index < -0.39 is 0 Å². The van der Waals surface area contributed by atoms with Gasteiger partial charge in [-0.2, -0.15) is 0 Å². The molecule has 1 unspecified atom stereocenters. The zero-order valence-corrected chi connectivity index (χ0v) is 13.5. The second-order valence-electron chi connectivity index (χ2n) is 5.70. The Balaban J connectivity index is 2.14. The SMILES string of the molecule is CCCNC(Cc1cn(C)nn1)C1(OCC)CCOCC1. The van der Waals surface area contributed by atoms with Crippen LogP contribution in [0.4, 0.5) is 0 Å². The second kappa shape index (κ2) is 7.87. The van der Waals surface area contributed by atoms with Crippen molar-refractivity contribution in [3.05, 3.63) is 11.9 Å². The molecule has 1 aliphatic rings. The Morgan fingerprint density at radius 3 is 2.76 bits per heavy atom. The molecule has 21 heavy (non-hydrogen) atoms. The molecule has 0 bridgehead atoms. The van der Waals surface area contributed by atoms with Gasteiger partial charge in [-0.25, -0.2) is 0 Å². The van der Waals surface area contributed by atoms with Crippen LogP contribution in [0, 0.1) is 0 Å². The van der Waals surface area contributed by atoms with Gasteiger partial charge in [0.2, 0.25) is 0 Å². The number of hydrogen-bond acceptors (Lipinski definition) is 5. The Morgan fingerprint density at radius 1 is 1.43 bits per heavy atom. The Kier molecular flexibility index (Phi) is 6.14. The van der Waals surface area contributed by atoms with Crippen molar-refractivity contribution in [1.29, 1.82) is 0 Å². The van der Waals surface area contributed by atoms with Crippen LogP contribution in [0.2, 0.25) is 0 Å². The van der Waals surface area contributed by atoms with Gasteiger partial charge in [0.1, 0.15) is 0 Å². The molecule has 120 valence electrons. The van der Waals surface area contributed by atoms with Crippen molar-refractivity contribution >= 4 is 0 Å². The number of rotatable bonds is 8. The molecule has 0 aliphatic carbocycles. The van der Waals surface area contributed by atoms with Crippen LogP contribution < -0.4 is 5.32 Å². The van der Waals surface area contributed by atoms with E-state index in [4.69, 9.17) is 9.47 Å². The first-order valence-electron chi connectivity index (χ1n) is 8.00. The Morgan fingerprint density at radius 2 is 2.19 bits per heavy atom. The van der Waals surface area contributed by atoms with Crippen LogP contribution in [0.3, 0.4) is 0 Å². The largest absolute Gasteiger partial charge is 0.381 e. The summed E-state index contributed by atoms with van der Waals surface area (Å²) in [7, 11) is 1.90. The van der Waals surface area contributed by atoms with Crippen molar-refractivity contribution in [1.82, 2.24) is 20.3 Å². The van der Waals surface area contributed by atoms with Gasteiger partial charge in [-0.3, -0.25) is 4.68 Å². The molecule has 2 heterocycles. The van der Waals surface area contributed by atoms with Crippen LogP contribution in [0.15, 0.2) is 6.20 Å². The van der Waals surface area contributed by atoms with Crippen LogP contribution in [0.5, 0.6) is 0 Å². The molecular formula is C15H28N4O2. The van der Waals surface area contributed by atoms with Crippen molar-refractivity contribution in [2.75, 3.05) is 26.4 Å². The molecule has 1 saturated heterocycles. The summed E-state index contributed by atoms with van der Waals surface area (Å²) >= 11 is 0. The van der Waals surface area contributed by atoms with Crippen molar-refractivity contribution in [3.63, 3.8) is 0 Å². The molecule has 1 aromatic rings. The monoisotopic (exact) mass is 296 g/mol. The molecule has 0 aromatic carbocycles. The third-order valence-electron chi connectivity index (χ3n) is 4.11. The lowest BCUT2D eigenvalue weighted by atomic mass is 9.83. The minimum absolute atomic E-state index is 0.153. The fourth-order valence-corrected chi connectivity index (χ4v) is 3.06. The summed E-state index contributed by atoms with van der Waals surface area (Å²) < 4.78 is 13.5. The van der Waals surface area contributed by atoms with E-state index in [9.17, 15) is 0 Å². The van der Waals surface area contributed by atoms with Crippen molar-refractivity contribution in [3.8, 4) is 0 Å². The predicted molar refractivity (Wildman–Crippen MR) is 81.2 cm³/mol. The molecule has 0 radical (unpaired) electrons. The molecule has 1 fully saturated rings. The van der Waals surface area contributed by atoms with E-state index in [1.165, 1.54) is 0 Å². The van der Waals surface area contributed by atoms with Crippen LogP contribution in [-0.2, 0) is 22.9 Å². The van der Waals surface area contributed by atoms with Gasteiger partial charge in [0.05, 0.1) is 11.3 Å². The zero-order chi connectivity index (χ0) is 15.1. The summed E-state index contributed by atoms with van der Waals surface area (Å²) in [6.07, 6.45) is 5.80. The highest BCUT2D eigenvalue weighted by molar-refractivity contribution is 5.04. The molecule has 6 heteroatoms. The van der Waals surface area contributed by atoms with Gasteiger partial charge in [0.25, 0.3) is 0 Å². The van der Waals surface area contributed by atoms with Gasteiger partial charge in [-0.15, -0.1) is 5.10 Å². The number of hydrogen-bond donors (Lipinski definition) is 1. The normalized spacial score (nSPS) is 19.6. The van der Waals surface area contributed by atoms with Crippen LogP contribution in [-0.4, -0.2) is 53.0 Å². The van der Waals surface area contributed by atoms with E-state index in [0.717, 1.165) is 57.7 Å². The maximum atomic E-state index is 6.21. The van der Waals surface area contributed by atoms with Crippen LogP contribution in [0.1, 0.15) is 38.8 Å². The lowest BCUT2D eigenvalue weighted by Gasteiger charge is -2.43. The molecule has 0 amide bonds. The van der Waals surface area contributed by atoms with Crippen molar-refractivity contribution in [2.45, 2.75) is 51.2 Å². The third-order valence-corrected chi connectivity index (χ3v) is 4.11. The van der Waals surface area contributed by atoms with Crippen LogP contribution in [0.25, 0.3) is 0 Å². The van der Waals surface area contributed by atoms with Crippen molar-refractivity contribution in [2.24, 2.45) is 7.05 Å². The van der Waals surface area contributed by atoms with E-state index >= 15 is 0 Å². The third kappa shape index (κ3) is 4.25. The first-order chi connectivity index (χ1) is 10.2. The number of nitrogens with zero attached hydrogens (tertiary/aromatic N) is 3. The maximum absolute atomic E-state index is 6.21. The van der Waals surface area contributed by atoms with Gasteiger partial charge in [-0.05, 0) is 19.9 Å². The van der Waals surface area contributed by atoms with E-state index in [2.05, 4.69) is 29.5 Å². The number of ether oxygens (including phenoxy) is 2. The topological polar surface area (TPSA) is 61.2 Å². The van der Waals surface area contributed by atoms with Crippen LogP contribution >= 0.6 is 0 Å². The lowest BCUT2D eigenvalue weighted by molar-refractivity contribution is -0.126. The van der Waals surface area contributed by atoms with Gasteiger partial charge >= 0.3 is 0 Å². The Bertz CT molecular complexity index is 410. The van der Waals surface area contributed by atoms with Gasteiger partial charge < -0.3 is 14.8 Å². The van der Waals surface area contributed by atoms with Gasteiger partial charge in [0.15, 0.2) is 0 Å². The summed E-state index contributed by atoms with van der Waals surface area (Å²) in [6.45, 7) is 7.50. The fraction of sp³-hybridized carbons (Fsp3) is 0.867. The Hall–Kier alpha value is -0.980. The smallest absolute Gasteiger partial charge is 0.0882 e. The highest BCUT2D eigenvalue weighted by Gasteiger charge is 2.41. The second-order valence-corrected chi connectivity index (χ2v) is 5.70. The first kappa shape index (κ1) is 16.4. The predicted octanol–water partition coefficient (Wildman–Crippen LogP) is 1.31. The van der Waals surface area contributed by atoms with Gasteiger partial charge in [-0.1, -0.05) is 12.1 Å². The average molecular weight is 296 g/mol. The molecule has 1 N–H and O–H groups in total. The van der Waals surface area contributed by atoms with E-state index in [0.29, 0.717) is 0 Å². The molecule has 0 spiro atoms. The maximum Gasteiger partial charge on any atom is 0.0882 e. The van der Waals surface area contributed by atoms with E-state index in [1.807, 2.05) is 13.2 Å². The summed E-state index contributed by atoms with van der Waals surface area (Å²) in [5.41, 5.74) is 0.858. The molecule has 2 rings (SSSR count). The highest BCUT2D eigenvalue weighted by Crippen LogP contribution is 2.30. The molecule has 1 aromatic heterocycles. The summed E-state index contributed by atoms with van der Waals surface area (Å²) in [4.78, 5) is 0. The minimum atomic E-state index is -0.153. The van der Waals surface area contributed by atoms with Crippen molar-refractivity contribution < 1.29 is 9.47 Å². The number of aryl methyl sites for hydroxylation is 1. The average Bonchev–Trinajstić information content (AvgIpc) is 2.90. The quantitative estimate of drug-likeness (QED) is 0.784. The standard InChI is InChI=1S/C15H28N4O2/c1-4-8-16-14(11-13-12-19(3)18-17-13)15(21-5-2)6-9-20-10-7-15/h12,14,16H,4-11H2,1-3H3. The lowest BCUT2D eigenvalue weighted by Crippen LogP contribution is -2.56. The number of nitrogens with one attached hydrogen (secondary N) is 1. The number of aromatic nitrogens is 3.